The molecule has 0 amide bonds. The second-order valence-corrected chi connectivity index (χ2v) is 7.67. The number of nitrogens with zero attached hydrogens (tertiary/aromatic N) is 1. The fourth-order valence-electron chi connectivity index (χ4n) is 2.67. The lowest BCUT2D eigenvalue weighted by Gasteiger charge is -2.22. The minimum Gasteiger partial charge on any atom is -0.397 e. The van der Waals surface area contributed by atoms with Gasteiger partial charge in [0.05, 0.1) is 15.6 Å². The molecule has 0 spiro atoms. The molecule has 19 heavy (non-hydrogen) atoms. The molecule has 1 aliphatic rings. The van der Waals surface area contributed by atoms with Crippen LogP contribution in [-0.4, -0.2) is 25.3 Å². The highest BCUT2D eigenvalue weighted by Gasteiger charge is 2.36. The Morgan fingerprint density at radius 2 is 2.00 bits per heavy atom. The van der Waals surface area contributed by atoms with Gasteiger partial charge in [-0.05, 0) is 43.9 Å². The minimum absolute atomic E-state index is 0.0244. The fourth-order valence-corrected chi connectivity index (χ4v) is 4.89. The van der Waals surface area contributed by atoms with E-state index in [-0.39, 0.29) is 10.9 Å². The summed E-state index contributed by atoms with van der Waals surface area (Å²) in [6.45, 7) is 6.30. The summed E-state index contributed by atoms with van der Waals surface area (Å²) >= 11 is 5.91. The third kappa shape index (κ3) is 2.59. The van der Waals surface area contributed by atoms with E-state index in [0.29, 0.717) is 28.7 Å². The van der Waals surface area contributed by atoms with E-state index in [4.69, 9.17) is 17.3 Å². The zero-order chi connectivity index (χ0) is 14.4. The van der Waals surface area contributed by atoms with Gasteiger partial charge in [-0.15, -0.1) is 0 Å². The highest BCUT2D eigenvalue weighted by atomic mass is 35.5. The monoisotopic (exact) mass is 302 g/mol. The second kappa shape index (κ2) is 4.96. The van der Waals surface area contributed by atoms with Crippen LogP contribution in [0.2, 0.25) is 5.02 Å². The van der Waals surface area contributed by atoms with E-state index in [1.54, 1.807) is 17.3 Å². The molecule has 0 aliphatic carbocycles. The van der Waals surface area contributed by atoms with Crippen LogP contribution in [0.1, 0.15) is 25.8 Å². The van der Waals surface area contributed by atoms with Crippen LogP contribution in [0.3, 0.4) is 0 Å². The van der Waals surface area contributed by atoms with Gasteiger partial charge < -0.3 is 5.73 Å². The van der Waals surface area contributed by atoms with Crippen LogP contribution in [0.15, 0.2) is 17.0 Å². The standard InChI is InChI=1S/C13H19ClN2O2S/c1-8-4-10(3)16(7-8)19(17,18)13-6-12(15)11(14)5-9(13)2/h5-6,8,10H,4,7,15H2,1-3H3. The second-order valence-electron chi connectivity index (χ2n) is 5.40. The predicted molar refractivity (Wildman–Crippen MR) is 77.7 cm³/mol. The van der Waals surface area contributed by atoms with Crippen molar-refractivity contribution in [2.24, 2.45) is 5.92 Å². The molecule has 0 radical (unpaired) electrons. The number of aryl methyl sites for hydroxylation is 1. The molecule has 2 rings (SSSR count). The van der Waals surface area contributed by atoms with E-state index in [0.717, 1.165) is 6.42 Å². The Labute approximate surface area is 119 Å². The molecule has 1 aromatic carbocycles. The van der Waals surface area contributed by atoms with Gasteiger partial charge >= 0.3 is 0 Å². The molecule has 2 N–H and O–H groups in total. The lowest BCUT2D eigenvalue weighted by Crippen LogP contribution is -2.34. The van der Waals surface area contributed by atoms with Crippen molar-refractivity contribution < 1.29 is 8.42 Å². The van der Waals surface area contributed by atoms with Crippen LogP contribution >= 0.6 is 11.6 Å². The van der Waals surface area contributed by atoms with Gasteiger partial charge in [0.2, 0.25) is 10.0 Å². The van der Waals surface area contributed by atoms with Crippen molar-refractivity contribution >= 4 is 27.3 Å². The normalized spacial score (nSPS) is 24.8. The number of hydrogen-bond acceptors (Lipinski definition) is 3. The quantitative estimate of drug-likeness (QED) is 0.854. The molecular weight excluding hydrogens is 284 g/mol. The molecule has 1 saturated heterocycles. The van der Waals surface area contributed by atoms with Gasteiger partial charge in [-0.25, -0.2) is 8.42 Å². The van der Waals surface area contributed by atoms with Crippen LogP contribution < -0.4 is 5.73 Å². The van der Waals surface area contributed by atoms with E-state index in [9.17, 15) is 8.42 Å². The largest absolute Gasteiger partial charge is 0.397 e. The third-order valence-corrected chi connectivity index (χ3v) is 6.06. The number of hydrogen-bond donors (Lipinski definition) is 1. The van der Waals surface area contributed by atoms with Crippen LogP contribution in [-0.2, 0) is 10.0 Å². The van der Waals surface area contributed by atoms with Gasteiger partial charge in [-0.2, -0.15) is 4.31 Å². The van der Waals surface area contributed by atoms with Crippen LogP contribution in [0.25, 0.3) is 0 Å². The maximum atomic E-state index is 12.7. The summed E-state index contributed by atoms with van der Waals surface area (Å²) in [5, 5.41) is 0.388. The van der Waals surface area contributed by atoms with Crippen LogP contribution in [0.5, 0.6) is 0 Å². The molecule has 1 heterocycles. The summed E-state index contributed by atoms with van der Waals surface area (Å²) < 4.78 is 27.0. The maximum absolute atomic E-state index is 12.7. The summed E-state index contributed by atoms with van der Waals surface area (Å²) in [5.41, 5.74) is 6.66. The number of rotatable bonds is 2. The first-order chi connectivity index (χ1) is 8.73. The molecule has 1 aliphatic heterocycles. The first-order valence-electron chi connectivity index (χ1n) is 6.31. The molecule has 1 fully saturated rings. The van der Waals surface area contributed by atoms with E-state index in [2.05, 4.69) is 6.92 Å². The van der Waals surface area contributed by atoms with Crippen molar-refractivity contribution in [3.8, 4) is 0 Å². The van der Waals surface area contributed by atoms with Crippen LogP contribution in [0.4, 0.5) is 5.69 Å². The summed E-state index contributed by atoms with van der Waals surface area (Å²) in [5.74, 6) is 0.384. The topological polar surface area (TPSA) is 63.4 Å². The SMILES string of the molecule is Cc1cc(Cl)c(N)cc1S(=O)(=O)N1CC(C)CC1C. The Morgan fingerprint density at radius 3 is 2.53 bits per heavy atom. The van der Waals surface area contributed by atoms with Gasteiger partial charge in [-0.3, -0.25) is 0 Å². The Balaban J connectivity index is 2.49. The molecule has 4 nitrogen and oxygen atoms in total. The molecule has 0 saturated carbocycles. The van der Waals surface area contributed by atoms with Gasteiger partial charge in [-0.1, -0.05) is 18.5 Å². The molecule has 2 atom stereocenters. The van der Waals surface area contributed by atoms with Crippen molar-refractivity contribution in [3.05, 3.63) is 22.7 Å². The fraction of sp³-hybridized carbons (Fsp3) is 0.538. The molecule has 1 aromatic rings. The Bertz CT molecular complexity index is 601. The first-order valence-corrected chi connectivity index (χ1v) is 8.12. The van der Waals surface area contributed by atoms with Gasteiger partial charge in [0.1, 0.15) is 0 Å². The van der Waals surface area contributed by atoms with Crippen molar-refractivity contribution in [3.63, 3.8) is 0 Å². The van der Waals surface area contributed by atoms with E-state index in [1.807, 2.05) is 6.92 Å². The molecule has 6 heteroatoms. The van der Waals surface area contributed by atoms with E-state index in [1.165, 1.54) is 6.07 Å². The van der Waals surface area contributed by atoms with Gasteiger partial charge in [0.25, 0.3) is 0 Å². The predicted octanol–water partition coefficient (Wildman–Crippen LogP) is 2.65. The highest BCUT2D eigenvalue weighted by molar-refractivity contribution is 7.89. The molecule has 2 unspecified atom stereocenters. The zero-order valence-corrected chi connectivity index (χ0v) is 12.9. The van der Waals surface area contributed by atoms with Crippen molar-refractivity contribution in [2.45, 2.75) is 38.1 Å². The maximum Gasteiger partial charge on any atom is 0.243 e. The molecule has 106 valence electrons. The van der Waals surface area contributed by atoms with Crippen LogP contribution in [0, 0.1) is 12.8 Å². The number of benzene rings is 1. The molecule has 0 bridgehead atoms. The third-order valence-electron chi connectivity index (χ3n) is 3.61. The summed E-state index contributed by atoms with van der Waals surface area (Å²) in [6.07, 6.45) is 0.890. The average molecular weight is 303 g/mol. The zero-order valence-electron chi connectivity index (χ0n) is 11.4. The molecule has 0 aromatic heterocycles. The Morgan fingerprint density at radius 1 is 1.37 bits per heavy atom. The lowest BCUT2D eigenvalue weighted by atomic mass is 10.1. The van der Waals surface area contributed by atoms with Gasteiger partial charge in [0, 0.05) is 12.6 Å². The summed E-state index contributed by atoms with van der Waals surface area (Å²) in [4.78, 5) is 0.260. The van der Waals surface area contributed by atoms with E-state index >= 15 is 0 Å². The van der Waals surface area contributed by atoms with Gasteiger partial charge in [0.15, 0.2) is 0 Å². The minimum atomic E-state index is -3.50. The Hall–Kier alpha value is -0.780. The Kier molecular flexibility index (Phi) is 3.82. The number of sulfonamides is 1. The average Bonchev–Trinajstić information content (AvgIpc) is 2.63. The summed E-state index contributed by atoms with van der Waals surface area (Å²) in [6, 6.07) is 3.09. The first kappa shape index (κ1) is 14.6. The van der Waals surface area contributed by atoms with Crippen molar-refractivity contribution in [1.82, 2.24) is 4.31 Å². The summed E-state index contributed by atoms with van der Waals surface area (Å²) in [7, 11) is -3.50. The van der Waals surface area contributed by atoms with E-state index < -0.39 is 10.0 Å². The lowest BCUT2D eigenvalue weighted by molar-refractivity contribution is 0.405. The number of nitrogen functional groups attached to an aromatic ring is 1. The smallest absolute Gasteiger partial charge is 0.243 e. The number of nitrogens with two attached hydrogens (primary N) is 1. The number of anilines is 1. The molecular formula is C13H19ClN2O2S. The number of halogens is 1. The van der Waals surface area contributed by atoms with Crippen molar-refractivity contribution in [1.29, 1.82) is 0 Å². The van der Waals surface area contributed by atoms with Crippen molar-refractivity contribution in [2.75, 3.05) is 12.3 Å². The highest BCUT2D eigenvalue weighted by Crippen LogP contribution is 2.33.